The number of hydrogen-bond acceptors (Lipinski definition) is 10. The van der Waals surface area contributed by atoms with Crippen molar-refractivity contribution in [3.05, 3.63) is 57.7 Å². The van der Waals surface area contributed by atoms with E-state index in [1.165, 1.54) is 23.8 Å². The van der Waals surface area contributed by atoms with E-state index in [9.17, 15) is 19.5 Å². The van der Waals surface area contributed by atoms with Crippen LogP contribution in [0.4, 0.5) is 5.13 Å². The van der Waals surface area contributed by atoms with Crippen LogP contribution < -0.4 is 20.7 Å². The summed E-state index contributed by atoms with van der Waals surface area (Å²) >= 11 is 8.67. The highest BCUT2D eigenvalue weighted by Crippen LogP contribution is 2.40. The van der Waals surface area contributed by atoms with Crippen LogP contribution in [0.5, 0.6) is 0 Å². The maximum Gasteiger partial charge on any atom is 0.281 e. The average molecular weight is 562 g/mol. The molecule has 0 spiro atoms. The van der Waals surface area contributed by atoms with E-state index >= 15 is 0 Å². The molecule has 0 saturated carbocycles. The van der Waals surface area contributed by atoms with E-state index in [4.69, 9.17) is 22.2 Å². The van der Waals surface area contributed by atoms with Gasteiger partial charge in [-0.25, -0.2) is 4.98 Å². The van der Waals surface area contributed by atoms with Gasteiger partial charge in [-0.3, -0.25) is 14.5 Å². The van der Waals surface area contributed by atoms with Gasteiger partial charge in [0.2, 0.25) is 5.69 Å². The van der Waals surface area contributed by atoms with Gasteiger partial charge in [-0.1, -0.05) is 5.16 Å². The molecule has 0 aliphatic carbocycles. The topological polar surface area (TPSA) is 159 Å². The lowest BCUT2D eigenvalue weighted by atomic mass is 10.0. The van der Waals surface area contributed by atoms with Gasteiger partial charge in [0, 0.05) is 29.8 Å². The molecule has 5 heterocycles. The lowest BCUT2D eigenvalue weighted by Gasteiger charge is -2.50. The predicted molar refractivity (Wildman–Crippen MR) is 134 cm³/mol. The second-order valence-corrected chi connectivity index (χ2v) is 10.6. The van der Waals surface area contributed by atoms with Crippen LogP contribution in [-0.4, -0.2) is 62.2 Å². The van der Waals surface area contributed by atoms with E-state index in [0.29, 0.717) is 16.5 Å². The molecule has 192 valence electrons. The Bertz CT molecular complexity index is 1470. The minimum absolute atomic E-state index is 0.147. The first kappa shape index (κ1) is 25.0. The van der Waals surface area contributed by atoms with Crippen molar-refractivity contribution in [1.29, 1.82) is 0 Å². The maximum atomic E-state index is 13.1. The molecule has 1 aromatic rings. The van der Waals surface area contributed by atoms with Gasteiger partial charge < -0.3 is 30.4 Å². The number of carbonyl (C=O) groups is 3. The van der Waals surface area contributed by atoms with E-state index in [-0.39, 0.29) is 28.8 Å². The fourth-order valence-electron chi connectivity index (χ4n) is 4.35. The van der Waals surface area contributed by atoms with Gasteiger partial charge in [0.05, 0.1) is 23.6 Å². The van der Waals surface area contributed by atoms with Crippen molar-refractivity contribution in [1.82, 2.24) is 19.8 Å². The highest BCUT2D eigenvalue weighted by Gasteiger charge is 2.53. The molecule has 0 bridgehead atoms. The number of nitrogens with zero attached hydrogens (tertiary/aromatic N) is 5. The first-order chi connectivity index (χ1) is 17.7. The Morgan fingerprint density at radius 1 is 1.43 bits per heavy atom. The summed E-state index contributed by atoms with van der Waals surface area (Å²) < 4.78 is 3.71. The number of thioether (sulfide) groups is 1. The molecule has 0 aromatic carbocycles. The number of thiazole rings is 1. The summed E-state index contributed by atoms with van der Waals surface area (Å²) in [6.45, 7) is 2.14. The second-order valence-electron chi connectivity index (χ2n) is 8.22. The Balaban J connectivity index is 1.38. The first-order valence-electron chi connectivity index (χ1n) is 10.9. The van der Waals surface area contributed by atoms with Crippen LogP contribution in [0.2, 0.25) is 5.15 Å². The van der Waals surface area contributed by atoms with Crippen molar-refractivity contribution < 1.29 is 28.9 Å². The molecule has 1 saturated heterocycles. The number of nitrogens with two attached hydrogens (primary N) is 1. The number of fused-ring (bicyclic) bond motifs is 2. The number of anilines is 1. The van der Waals surface area contributed by atoms with Gasteiger partial charge in [0.25, 0.3) is 17.0 Å². The molecule has 2 amide bonds. The number of hydrogen-bond donors (Lipinski definition) is 2. The smallest absolute Gasteiger partial charge is 0.281 e. The number of nitrogen functional groups attached to an aromatic ring is 1. The summed E-state index contributed by atoms with van der Waals surface area (Å²) in [4.78, 5) is 48.1. The monoisotopic (exact) mass is 561 g/mol. The third kappa shape index (κ3) is 4.30. The molecular formula is C22H20ClN7O5S2. The summed E-state index contributed by atoms with van der Waals surface area (Å²) in [6, 6.07) is 2.70. The highest BCUT2D eigenvalue weighted by atomic mass is 35.5. The van der Waals surface area contributed by atoms with Crippen LogP contribution in [-0.2, 0) is 25.8 Å². The Morgan fingerprint density at radius 3 is 2.89 bits per heavy atom. The van der Waals surface area contributed by atoms with Crippen LogP contribution in [0.3, 0.4) is 0 Å². The number of β-lactam (4-membered cyclic amide) rings is 1. The standard InChI is InChI=1S/C22H20ClN7O5S2/c1-10-13-3-4-14(23)29(13)6-5-28(10)7-11-8-36-20-16(19(32)30(20)17(11)21(33)34)26-18(31)15(27-35-2)12-9-37-22(24)25-12/h3-6,9,16,20H,7-8H2,1-2H3,(H3-,24,25,26,31,33,34)/b27-15-/t16-,20-/m1/s1. The molecule has 15 heteroatoms. The number of aliphatic carboxylic acids is 1. The zero-order valence-electron chi connectivity index (χ0n) is 19.5. The third-order valence-electron chi connectivity index (χ3n) is 6.12. The maximum absolute atomic E-state index is 13.1. The van der Waals surface area contributed by atoms with Crippen molar-refractivity contribution in [2.45, 2.75) is 24.9 Å². The Kier molecular flexibility index (Phi) is 6.56. The molecule has 5 rings (SSSR count). The molecule has 0 radical (unpaired) electrons. The van der Waals surface area contributed by atoms with Gasteiger partial charge >= 0.3 is 0 Å². The van der Waals surface area contributed by atoms with E-state index in [2.05, 4.69) is 15.5 Å². The lowest BCUT2D eigenvalue weighted by molar-refractivity contribution is -0.591. The van der Waals surface area contributed by atoms with E-state index in [1.807, 2.05) is 22.1 Å². The molecule has 3 N–H and O–H groups in total. The summed E-state index contributed by atoms with van der Waals surface area (Å²) in [5, 5.41) is 20.2. The summed E-state index contributed by atoms with van der Waals surface area (Å²) in [6.07, 6.45) is 3.59. The number of carboxylic acid groups (broad SMARTS) is 1. The van der Waals surface area contributed by atoms with Crippen LogP contribution in [0.15, 0.2) is 46.3 Å². The summed E-state index contributed by atoms with van der Waals surface area (Å²) in [7, 11) is 1.28. The minimum Gasteiger partial charge on any atom is -0.543 e. The van der Waals surface area contributed by atoms with Crippen molar-refractivity contribution >= 4 is 63.3 Å². The zero-order valence-corrected chi connectivity index (χ0v) is 21.9. The normalized spacial score (nSPS) is 19.6. The van der Waals surface area contributed by atoms with Crippen LogP contribution in [0.1, 0.15) is 11.4 Å². The second kappa shape index (κ2) is 9.68. The van der Waals surface area contributed by atoms with Gasteiger partial charge in [0.15, 0.2) is 17.0 Å². The predicted octanol–water partition coefficient (Wildman–Crippen LogP) is -0.342. The quantitative estimate of drug-likeness (QED) is 0.171. The largest absolute Gasteiger partial charge is 0.543 e. The number of aromatic nitrogens is 3. The molecule has 4 aliphatic heterocycles. The molecule has 1 aromatic heterocycles. The number of halogens is 1. The molecule has 12 nitrogen and oxygen atoms in total. The van der Waals surface area contributed by atoms with Crippen molar-refractivity contribution in [2.75, 3.05) is 18.6 Å². The number of carboxylic acids is 1. The average Bonchev–Trinajstić information content (AvgIpc) is 3.47. The number of amides is 2. The fraction of sp³-hybridized carbons (Fsp3) is 0.273. The molecule has 0 unspecified atom stereocenters. The summed E-state index contributed by atoms with van der Waals surface area (Å²) in [5.74, 6) is -2.39. The van der Waals surface area contributed by atoms with Crippen molar-refractivity contribution in [2.24, 2.45) is 5.16 Å². The molecule has 4 aliphatic rings. The fourth-order valence-corrected chi connectivity index (χ4v) is 6.44. The third-order valence-corrected chi connectivity index (χ3v) is 8.44. The Labute approximate surface area is 223 Å². The molecular weight excluding hydrogens is 542 g/mol. The van der Waals surface area contributed by atoms with Crippen LogP contribution in [0, 0.1) is 6.92 Å². The van der Waals surface area contributed by atoms with Gasteiger partial charge in [0.1, 0.15) is 24.2 Å². The number of rotatable bonds is 7. The highest BCUT2D eigenvalue weighted by molar-refractivity contribution is 8.00. The molecule has 37 heavy (non-hydrogen) atoms. The number of nitrogens with one attached hydrogen (secondary N) is 1. The Hall–Kier alpha value is -3.62. The van der Waals surface area contributed by atoms with Crippen LogP contribution >= 0.6 is 34.7 Å². The van der Waals surface area contributed by atoms with Gasteiger partial charge in [-0.2, -0.15) is 0 Å². The van der Waals surface area contributed by atoms with Gasteiger partial charge in [-0.15, -0.1) is 27.7 Å². The van der Waals surface area contributed by atoms with Crippen molar-refractivity contribution in [3.63, 3.8) is 0 Å². The number of carbonyl (C=O) groups excluding carboxylic acids is 3. The SMILES string of the molecule is CO/N=C(\C(=O)N[C@@H]1C(=O)N2C(C(=O)[O-])=C(Cn3cc[n+]4c(Cl)ccc-4c3C)CS[C@H]12)c1csc(N)n1. The molecule has 1 fully saturated rings. The summed E-state index contributed by atoms with van der Waals surface area (Å²) in [5.41, 5.74) is 7.80. The lowest BCUT2D eigenvalue weighted by Crippen LogP contribution is -2.71. The van der Waals surface area contributed by atoms with Crippen LogP contribution in [0.25, 0.3) is 5.69 Å². The Morgan fingerprint density at radius 2 is 2.22 bits per heavy atom. The van der Waals surface area contributed by atoms with E-state index < -0.39 is 29.2 Å². The van der Waals surface area contributed by atoms with Crippen molar-refractivity contribution in [3.8, 4) is 5.69 Å². The zero-order chi connectivity index (χ0) is 26.4. The van der Waals surface area contributed by atoms with E-state index in [0.717, 1.165) is 22.7 Å². The number of oxime groups is 1. The first-order valence-corrected chi connectivity index (χ1v) is 13.2. The van der Waals surface area contributed by atoms with E-state index in [1.54, 1.807) is 23.8 Å². The minimum atomic E-state index is -1.46. The van der Waals surface area contributed by atoms with Gasteiger partial charge in [-0.05, 0) is 24.1 Å². The molecule has 2 atom stereocenters.